The fourth-order valence-corrected chi connectivity index (χ4v) is 2.96. The highest BCUT2D eigenvalue weighted by Gasteiger charge is 2.15. The summed E-state index contributed by atoms with van der Waals surface area (Å²) in [6, 6.07) is 6.15. The van der Waals surface area contributed by atoms with Gasteiger partial charge < -0.3 is 10.6 Å². The average molecular weight is 296 g/mol. The average Bonchev–Trinajstić information content (AvgIpc) is 2.45. The molecular formula is C14H20N2O3S. The number of amides is 1. The van der Waals surface area contributed by atoms with Gasteiger partial charge in [-0.05, 0) is 50.0 Å². The molecule has 0 unspecified atom stereocenters. The Kier molecular flexibility index (Phi) is 4.77. The lowest BCUT2D eigenvalue weighted by molar-refractivity contribution is 0.0944. The van der Waals surface area contributed by atoms with Crippen LogP contribution in [0.5, 0.6) is 0 Å². The molecule has 1 aliphatic heterocycles. The molecule has 0 atom stereocenters. The molecular weight excluding hydrogens is 276 g/mol. The second-order valence-electron chi connectivity index (χ2n) is 5.20. The molecule has 1 saturated heterocycles. The van der Waals surface area contributed by atoms with Gasteiger partial charge >= 0.3 is 0 Å². The maximum atomic E-state index is 12.0. The maximum Gasteiger partial charge on any atom is 0.251 e. The minimum Gasteiger partial charge on any atom is -0.352 e. The van der Waals surface area contributed by atoms with Gasteiger partial charge in [-0.25, -0.2) is 8.42 Å². The van der Waals surface area contributed by atoms with Gasteiger partial charge in [-0.15, -0.1) is 0 Å². The molecule has 1 fully saturated rings. The molecule has 2 N–H and O–H groups in total. The van der Waals surface area contributed by atoms with Crippen molar-refractivity contribution in [2.75, 3.05) is 25.9 Å². The van der Waals surface area contributed by atoms with Crippen LogP contribution in [0.4, 0.5) is 0 Å². The van der Waals surface area contributed by atoms with Gasteiger partial charge in [0.05, 0.1) is 4.90 Å². The second kappa shape index (κ2) is 6.37. The number of piperidine rings is 1. The van der Waals surface area contributed by atoms with Crippen LogP contribution in [0.2, 0.25) is 0 Å². The van der Waals surface area contributed by atoms with Gasteiger partial charge in [0.25, 0.3) is 5.91 Å². The summed E-state index contributed by atoms with van der Waals surface area (Å²) in [4.78, 5) is 12.2. The van der Waals surface area contributed by atoms with E-state index in [0.717, 1.165) is 32.2 Å². The van der Waals surface area contributed by atoms with E-state index in [9.17, 15) is 13.2 Å². The van der Waals surface area contributed by atoms with Crippen LogP contribution in [0, 0.1) is 5.92 Å². The second-order valence-corrected chi connectivity index (χ2v) is 7.22. The van der Waals surface area contributed by atoms with E-state index in [-0.39, 0.29) is 10.8 Å². The molecule has 1 amide bonds. The third-order valence-electron chi connectivity index (χ3n) is 3.53. The molecule has 1 aromatic rings. The van der Waals surface area contributed by atoms with Crippen molar-refractivity contribution in [1.82, 2.24) is 10.6 Å². The summed E-state index contributed by atoms with van der Waals surface area (Å²) in [5, 5.41) is 6.16. The van der Waals surface area contributed by atoms with Gasteiger partial charge in [-0.2, -0.15) is 0 Å². The van der Waals surface area contributed by atoms with E-state index in [0.29, 0.717) is 18.0 Å². The van der Waals surface area contributed by atoms with Crippen molar-refractivity contribution in [3.63, 3.8) is 0 Å². The van der Waals surface area contributed by atoms with Gasteiger partial charge in [-0.3, -0.25) is 4.79 Å². The quantitative estimate of drug-likeness (QED) is 0.862. The maximum absolute atomic E-state index is 12.0. The largest absolute Gasteiger partial charge is 0.352 e. The number of nitrogens with one attached hydrogen (secondary N) is 2. The number of hydrogen-bond donors (Lipinski definition) is 2. The monoisotopic (exact) mass is 296 g/mol. The van der Waals surface area contributed by atoms with Gasteiger partial charge in [0.2, 0.25) is 0 Å². The van der Waals surface area contributed by atoms with Crippen LogP contribution in [-0.4, -0.2) is 40.2 Å². The Morgan fingerprint density at radius 3 is 2.70 bits per heavy atom. The van der Waals surface area contributed by atoms with Gasteiger partial charge in [0.1, 0.15) is 0 Å². The van der Waals surface area contributed by atoms with Crippen LogP contribution in [0.3, 0.4) is 0 Å². The van der Waals surface area contributed by atoms with E-state index in [1.807, 2.05) is 0 Å². The summed E-state index contributed by atoms with van der Waals surface area (Å²) in [6.45, 7) is 2.62. The molecule has 0 aromatic heterocycles. The van der Waals surface area contributed by atoms with E-state index in [4.69, 9.17) is 0 Å². The van der Waals surface area contributed by atoms with E-state index >= 15 is 0 Å². The van der Waals surface area contributed by atoms with Crippen LogP contribution >= 0.6 is 0 Å². The SMILES string of the molecule is CS(=O)(=O)c1cccc(C(=O)NCC2CCNCC2)c1. The highest BCUT2D eigenvalue weighted by atomic mass is 32.2. The number of benzene rings is 1. The molecule has 110 valence electrons. The molecule has 6 heteroatoms. The molecule has 1 aliphatic rings. The predicted molar refractivity (Wildman–Crippen MR) is 77.5 cm³/mol. The van der Waals surface area contributed by atoms with E-state index < -0.39 is 9.84 Å². The first-order chi connectivity index (χ1) is 9.47. The Morgan fingerprint density at radius 1 is 1.35 bits per heavy atom. The molecule has 0 aliphatic carbocycles. The van der Waals surface area contributed by atoms with Crippen molar-refractivity contribution < 1.29 is 13.2 Å². The minimum absolute atomic E-state index is 0.173. The summed E-state index contributed by atoms with van der Waals surface area (Å²) >= 11 is 0. The fraction of sp³-hybridized carbons (Fsp3) is 0.500. The molecule has 5 nitrogen and oxygen atoms in total. The van der Waals surface area contributed by atoms with Crippen LogP contribution in [-0.2, 0) is 9.84 Å². The van der Waals surface area contributed by atoms with Gasteiger partial charge in [0.15, 0.2) is 9.84 Å². The Balaban J connectivity index is 1.98. The zero-order chi connectivity index (χ0) is 14.6. The molecule has 0 radical (unpaired) electrons. The molecule has 20 heavy (non-hydrogen) atoms. The lowest BCUT2D eigenvalue weighted by Crippen LogP contribution is -2.36. The first-order valence-electron chi connectivity index (χ1n) is 6.76. The van der Waals surface area contributed by atoms with Crippen molar-refractivity contribution in [3.8, 4) is 0 Å². The summed E-state index contributed by atoms with van der Waals surface area (Å²) in [7, 11) is -3.28. The topological polar surface area (TPSA) is 75.3 Å². The Hall–Kier alpha value is -1.40. The number of carbonyl (C=O) groups excluding carboxylic acids is 1. The molecule has 0 bridgehead atoms. The zero-order valence-electron chi connectivity index (χ0n) is 11.6. The van der Waals surface area contributed by atoms with Crippen LogP contribution in [0.15, 0.2) is 29.2 Å². The smallest absolute Gasteiger partial charge is 0.251 e. The van der Waals surface area contributed by atoms with Crippen molar-refractivity contribution >= 4 is 15.7 Å². The Labute approximate surface area is 119 Å². The van der Waals surface area contributed by atoms with Crippen LogP contribution < -0.4 is 10.6 Å². The van der Waals surface area contributed by atoms with Crippen LogP contribution in [0.25, 0.3) is 0 Å². The predicted octanol–water partition coefficient (Wildman–Crippen LogP) is 0.819. The molecule has 0 spiro atoms. The zero-order valence-corrected chi connectivity index (χ0v) is 12.4. The third kappa shape index (κ3) is 4.05. The molecule has 1 heterocycles. The lowest BCUT2D eigenvalue weighted by atomic mass is 9.98. The number of rotatable bonds is 4. The number of sulfone groups is 1. The molecule has 0 saturated carbocycles. The van der Waals surface area contributed by atoms with Crippen molar-refractivity contribution in [2.45, 2.75) is 17.7 Å². The summed E-state index contributed by atoms with van der Waals surface area (Å²) < 4.78 is 22.9. The summed E-state index contributed by atoms with van der Waals surface area (Å²) in [5.74, 6) is 0.285. The van der Waals surface area contributed by atoms with E-state index in [1.54, 1.807) is 12.1 Å². The van der Waals surface area contributed by atoms with Crippen LogP contribution in [0.1, 0.15) is 23.2 Å². The minimum atomic E-state index is -3.28. The third-order valence-corrected chi connectivity index (χ3v) is 4.64. The highest BCUT2D eigenvalue weighted by molar-refractivity contribution is 7.90. The van der Waals surface area contributed by atoms with E-state index in [1.165, 1.54) is 12.1 Å². The fourth-order valence-electron chi connectivity index (χ4n) is 2.29. The number of hydrogen-bond acceptors (Lipinski definition) is 4. The Bertz CT molecular complexity index is 578. The van der Waals surface area contributed by atoms with Crippen molar-refractivity contribution in [2.24, 2.45) is 5.92 Å². The Morgan fingerprint density at radius 2 is 2.05 bits per heavy atom. The van der Waals surface area contributed by atoms with Crippen molar-refractivity contribution in [1.29, 1.82) is 0 Å². The van der Waals surface area contributed by atoms with Gasteiger partial charge in [-0.1, -0.05) is 6.07 Å². The van der Waals surface area contributed by atoms with Crippen molar-refractivity contribution in [3.05, 3.63) is 29.8 Å². The highest BCUT2D eigenvalue weighted by Crippen LogP contribution is 2.13. The first kappa shape index (κ1) is 15.0. The van der Waals surface area contributed by atoms with E-state index in [2.05, 4.69) is 10.6 Å². The summed E-state index contributed by atoms with van der Waals surface area (Å²) in [5.41, 5.74) is 0.391. The summed E-state index contributed by atoms with van der Waals surface area (Å²) in [6.07, 6.45) is 3.26. The first-order valence-corrected chi connectivity index (χ1v) is 8.65. The normalized spacial score (nSPS) is 16.9. The standard InChI is InChI=1S/C14H20N2O3S/c1-20(18,19)13-4-2-3-12(9-13)14(17)16-10-11-5-7-15-8-6-11/h2-4,9,11,15H,5-8,10H2,1H3,(H,16,17). The number of carbonyl (C=O) groups is 1. The van der Waals surface area contributed by atoms with Gasteiger partial charge in [0, 0.05) is 18.4 Å². The lowest BCUT2D eigenvalue weighted by Gasteiger charge is -2.22. The molecule has 1 aromatic carbocycles. The molecule has 2 rings (SSSR count).